The molecule has 1 aliphatic carbocycles. The molecule has 0 saturated carbocycles. The number of rotatable bonds is 8. The predicted octanol–water partition coefficient (Wildman–Crippen LogP) is 5.82. The van der Waals surface area contributed by atoms with E-state index in [1.54, 1.807) is 18.2 Å². The number of fused-ring (bicyclic) bond motifs is 1. The predicted molar refractivity (Wildman–Crippen MR) is 137 cm³/mol. The van der Waals surface area contributed by atoms with Crippen LogP contribution >= 0.6 is 11.6 Å². The van der Waals surface area contributed by atoms with Crippen LogP contribution in [-0.2, 0) is 27.7 Å². The number of sulfonamides is 1. The zero-order chi connectivity index (χ0) is 25.0. The minimum absolute atomic E-state index is 0.0231. The number of hydrogen-bond donors (Lipinski definition) is 1. The largest absolute Gasteiger partial charge is 0.348 e. The van der Waals surface area contributed by atoms with E-state index in [9.17, 15) is 17.6 Å². The fraction of sp³-hybridized carbons (Fsp3) is 0.296. The number of carbonyl (C=O) groups excluding carboxylic acids is 1. The Kier molecular flexibility index (Phi) is 7.77. The van der Waals surface area contributed by atoms with E-state index in [2.05, 4.69) is 17.4 Å². The highest BCUT2D eigenvalue weighted by atomic mass is 35.5. The minimum Gasteiger partial charge on any atom is -0.348 e. The van der Waals surface area contributed by atoms with Gasteiger partial charge in [-0.25, -0.2) is 12.8 Å². The van der Waals surface area contributed by atoms with Gasteiger partial charge in [0.15, 0.2) is 0 Å². The smallest absolute Gasteiger partial charge is 0.264 e. The first-order chi connectivity index (χ1) is 16.8. The van der Waals surface area contributed by atoms with Gasteiger partial charge in [-0.2, -0.15) is 0 Å². The molecule has 0 heterocycles. The number of halogens is 2. The van der Waals surface area contributed by atoms with Gasteiger partial charge in [0.1, 0.15) is 12.4 Å². The van der Waals surface area contributed by atoms with E-state index in [-0.39, 0.29) is 21.6 Å². The van der Waals surface area contributed by atoms with Crippen molar-refractivity contribution in [3.8, 4) is 0 Å². The number of nitrogens with one attached hydrogen (secondary N) is 1. The van der Waals surface area contributed by atoms with Gasteiger partial charge < -0.3 is 5.32 Å². The lowest BCUT2D eigenvalue weighted by molar-refractivity contribution is -0.120. The van der Waals surface area contributed by atoms with Crippen molar-refractivity contribution in [1.29, 1.82) is 0 Å². The molecule has 1 N–H and O–H groups in total. The SMILES string of the molecule is CCC(NC(=O)CN(c1ccc(F)c(Cl)c1)S(=O)(=O)c1ccccc1)c1ccc2c(c1)CCCC2. The molecule has 0 aliphatic heterocycles. The van der Waals surface area contributed by atoms with Gasteiger partial charge in [-0.3, -0.25) is 9.10 Å². The van der Waals surface area contributed by atoms with Crippen molar-refractivity contribution in [3.63, 3.8) is 0 Å². The molecular weight excluding hydrogens is 487 g/mol. The van der Waals surface area contributed by atoms with Crippen LogP contribution in [0.5, 0.6) is 0 Å². The molecule has 3 aromatic carbocycles. The number of carbonyl (C=O) groups is 1. The third kappa shape index (κ3) is 5.68. The first kappa shape index (κ1) is 25.2. The quantitative estimate of drug-likeness (QED) is 0.412. The maximum Gasteiger partial charge on any atom is 0.264 e. The molecule has 0 aromatic heterocycles. The van der Waals surface area contributed by atoms with Crippen molar-refractivity contribution in [2.75, 3.05) is 10.8 Å². The Morgan fingerprint density at radius 2 is 1.74 bits per heavy atom. The monoisotopic (exact) mass is 514 g/mol. The molecule has 0 saturated heterocycles. The first-order valence-corrected chi connectivity index (χ1v) is 13.6. The molecular formula is C27H28ClFN2O3S. The van der Waals surface area contributed by atoms with Crippen LogP contribution in [0.3, 0.4) is 0 Å². The Morgan fingerprint density at radius 1 is 1.03 bits per heavy atom. The van der Waals surface area contributed by atoms with E-state index in [1.165, 1.54) is 41.8 Å². The molecule has 35 heavy (non-hydrogen) atoms. The summed E-state index contributed by atoms with van der Waals surface area (Å²) in [5.41, 5.74) is 3.78. The summed E-state index contributed by atoms with van der Waals surface area (Å²) in [5, 5.41) is 2.76. The zero-order valence-electron chi connectivity index (χ0n) is 19.5. The number of benzene rings is 3. The summed E-state index contributed by atoms with van der Waals surface area (Å²) in [4.78, 5) is 13.2. The van der Waals surface area contributed by atoms with Crippen LogP contribution in [0.4, 0.5) is 10.1 Å². The average molecular weight is 515 g/mol. The van der Waals surface area contributed by atoms with E-state index in [0.29, 0.717) is 6.42 Å². The van der Waals surface area contributed by atoms with Gasteiger partial charge in [-0.1, -0.05) is 54.9 Å². The van der Waals surface area contributed by atoms with E-state index >= 15 is 0 Å². The molecule has 1 atom stereocenters. The summed E-state index contributed by atoms with van der Waals surface area (Å²) < 4.78 is 41.7. The van der Waals surface area contributed by atoms with Crippen molar-refractivity contribution in [3.05, 3.63) is 94.3 Å². The van der Waals surface area contributed by atoms with Crippen molar-refractivity contribution in [2.45, 2.75) is 50.0 Å². The van der Waals surface area contributed by atoms with Crippen LogP contribution in [-0.4, -0.2) is 20.9 Å². The van der Waals surface area contributed by atoms with Crippen LogP contribution in [0.2, 0.25) is 5.02 Å². The first-order valence-electron chi connectivity index (χ1n) is 11.7. The second-order valence-electron chi connectivity index (χ2n) is 8.69. The van der Waals surface area contributed by atoms with Gasteiger partial charge in [-0.15, -0.1) is 0 Å². The summed E-state index contributed by atoms with van der Waals surface area (Å²) in [7, 11) is -4.11. The Hall–Kier alpha value is -2.90. The van der Waals surface area contributed by atoms with Crippen molar-refractivity contribution in [2.24, 2.45) is 0 Å². The maximum atomic E-state index is 13.8. The number of nitrogens with zero attached hydrogens (tertiary/aromatic N) is 1. The highest BCUT2D eigenvalue weighted by Gasteiger charge is 2.28. The summed E-state index contributed by atoms with van der Waals surface area (Å²) in [6, 6.07) is 17.5. The normalized spacial score (nSPS) is 14.1. The Balaban J connectivity index is 1.61. The van der Waals surface area contributed by atoms with Gasteiger partial charge in [0.2, 0.25) is 5.91 Å². The van der Waals surface area contributed by atoms with Gasteiger partial charge in [0.25, 0.3) is 10.0 Å². The highest BCUT2D eigenvalue weighted by molar-refractivity contribution is 7.92. The van der Waals surface area contributed by atoms with Crippen molar-refractivity contribution in [1.82, 2.24) is 5.32 Å². The van der Waals surface area contributed by atoms with Gasteiger partial charge >= 0.3 is 0 Å². The summed E-state index contributed by atoms with van der Waals surface area (Å²) in [5.74, 6) is -1.13. The second kappa shape index (κ2) is 10.8. The number of amides is 1. The lowest BCUT2D eigenvalue weighted by Gasteiger charge is -2.26. The third-order valence-corrected chi connectivity index (χ3v) is 8.41. The summed E-state index contributed by atoms with van der Waals surface area (Å²) in [6.07, 6.45) is 5.11. The molecule has 4 rings (SSSR count). The van der Waals surface area contributed by atoms with Crippen LogP contribution in [0.1, 0.15) is 48.9 Å². The van der Waals surface area contributed by atoms with Gasteiger partial charge in [-0.05, 0) is 79.1 Å². The molecule has 3 aromatic rings. The van der Waals surface area contributed by atoms with Crippen LogP contribution < -0.4 is 9.62 Å². The van der Waals surface area contributed by atoms with Crippen LogP contribution in [0.25, 0.3) is 0 Å². The lowest BCUT2D eigenvalue weighted by Crippen LogP contribution is -2.42. The van der Waals surface area contributed by atoms with E-state index in [0.717, 1.165) is 35.2 Å². The van der Waals surface area contributed by atoms with Crippen molar-refractivity contribution < 1.29 is 17.6 Å². The molecule has 0 bridgehead atoms. The van der Waals surface area contributed by atoms with Gasteiger partial charge in [0.05, 0.1) is 21.6 Å². The Bertz CT molecular complexity index is 1320. The fourth-order valence-corrected chi connectivity index (χ4v) is 6.05. The molecule has 8 heteroatoms. The van der Waals surface area contributed by atoms with E-state index < -0.39 is 28.3 Å². The topological polar surface area (TPSA) is 66.5 Å². The number of aryl methyl sites for hydroxylation is 2. The Morgan fingerprint density at radius 3 is 2.43 bits per heavy atom. The molecule has 1 amide bonds. The van der Waals surface area contributed by atoms with E-state index in [1.807, 2.05) is 13.0 Å². The molecule has 0 spiro atoms. The summed E-state index contributed by atoms with van der Waals surface area (Å²) in [6.45, 7) is 1.50. The second-order valence-corrected chi connectivity index (χ2v) is 11.0. The number of anilines is 1. The maximum absolute atomic E-state index is 13.8. The summed E-state index contributed by atoms with van der Waals surface area (Å²) >= 11 is 5.94. The third-order valence-electron chi connectivity index (χ3n) is 6.33. The van der Waals surface area contributed by atoms with Crippen LogP contribution in [0, 0.1) is 5.82 Å². The lowest BCUT2D eigenvalue weighted by atomic mass is 9.89. The fourth-order valence-electron chi connectivity index (χ4n) is 4.44. The average Bonchev–Trinajstić information content (AvgIpc) is 2.87. The van der Waals surface area contributed by atoms with Crippen molar-refractivity contribution >= 4 is 33.2 Å². The molecule has 5 nitrogen and oxygen atoms in total. The van der Waals surface area contributed by atoms with Crippen LogP contribution in [0.15, 0.2) is 71.6 Å². The standard InChI is InChI=1S/C27H28ClFN2O3S/c1-2-26(21-13-12-19-8-6-7-9-20(19)16-21)30-27(32)18-31(22-14-15-25(29)24(28)17-22)35(33,34)23-10-4-3-5-11-23/h3-5,10-17,26H,2,6-9,18H2,1H3,(H,30,32). The zero-order valence-corrected chi connectivity index (χ0v) is 21.1. The molecule has 0 radical (unpaired) electrons. The number of hydrogen-bond acceptors (Lipinski definition) is 3. The highest BCUT2D eigenvalue weighted by Crippen LogP contribution is 2.29. The molecule has 1 aliphatic rings. The Labute approximate surface area is 211 Å². The molecule has 0 fully saturated rings. The minimum atomic E-state index is -4.11. The van der Waals surface area contributed by atoms with E-state index in [4.69, 9.17) is 11.6 Å². The molecule has 184 valence electrons. The van der Waals surface area contributed by atoms with Gasteiger partial charge in [0, 0.05) is 0 Å². The molecule has 1 unspecified atom stereocenters.